The number of hydrogen-bond donors (Lipinski definition) is 2. The Morgan fingerprint density at radius 1 is 1.16 bits per heavy atom. The molecule has 0 spiro atoms. The number of benzene rings is 1. The summed E-state index contributed by atoms with van der Waals surface area (Å²) in [4.78, 5) is 25.8. The minimum Gasteiger partial charge on any atom is -0.341 e. The number of likely N-dealkylation sites (tertiary alicyclic amines) is 1. The highest BCUT2D eigenvalue weighted by Gasteiger charge is 2.28. The summed E-state index contributed by atoms with van der Waals surface area (Å²) < 4.78 is 0. The highest BCUT2D eigenvalue weighted by Crippen LogP contribution is 2.19. The molecule has 5 nitrogen and oxygen atoms in total. The minimum absolute atomic E-state index is 0.0349. The van der Waals surface area contributed by atoms with Crippen molar-refractivity contribution in [3.63, 3.8) is 0 Å². The molecule has 102 valence electrons. The van der Waals surface area contributed by atoms with Gasteiger partial charge < -0.3 is 15.5 Å². The maximum absolute atomic E-state index is 12.5. The molecule has 0 aromatic heterocycles. The maximum Gasteiger partial charge on any atom is 0.315 e. The van der Waals surface area contributed by atoms with E-state index in [0.29, 0.717) is 0 Å². The van der Waals surface area contributed by atoms with Crippen LogP contribution in [0.15, 0.2) is 30.3 Å². The van der Waals surface area contributed by atoms with Gasteiger partial charge in [-0.25, -0.2) is 4.79 Å². The lowest BCUT2D eigenvalue weighted by molar-refractivity contribution is -0.132. The van der Waals surface area contributed by atoms with Crippen LogP contribution in [0.3, 0.4) is 0 Å². The van der Waals surface area contributed by atoms with Crippen LogP contribution in [0, 0.1) is 0 Å². The minimum atomic E-state index is -0.612. The number of urea groups is 1. The first-order valence-electron chi connectivity index (χ1n) is 6.54. The van der Waals surface area contributed by atoms with Crippen LogP contribution in [-0.4, -0.2) is 37.0 Å². The Labute approximate surface area is 113 Å². The van der Waals surface area contributed by atoms with Crippen molar-refractivity contribution in [1.29, 1.82) is 0 Å². The van der Waals surface area contributed by atoms with Gasteiger partial charge in [-0.15, -0.1) is 0 Å². The molecule has 1 heterocycles. The van der Waals surface area contributed by atoms with Gasteiger partial charge in [-0.3, -0.25) is 4.79 Å². The number of hydrogen-bond acceptors (Lipinski definition) is 2. The predicted octanol–water partition coefficient (Wildman–Crippen LogP) is 1.28. The molecule has 1 saturated heterocycles. The first-order chi connectivity index (χ1) is 9.22. The Kier molecular flexibility index (Phi) is 4.39. The molecule has 1 aromatic rings. The summed E-state index contributed by atoms with van der Waals surface area (Å²) in [5.74, 6) is -0.0349. The van der Waals surface area contributed by atoms with Crippen molar-refractivity contribution in [2.45, 2.75) is 18.9 Å². The van der Waals surface area contributed by atoms with E-state index < -0.39 is 6.04 Å². The first kappa shape index (κ1) is 13.4. The Morgan fingerprint density at radius 3 is 2.37 bits per heavy atom. The summed E-state index contributed by atoms with van der Waals surface area (Å²) in [5, 5.41) is 5.21. The monoisotopic (exact) mass is 261 g/mol. The number of nitrogens with zero attached hydrogens (tertiary/aromatic N) is 1. The van der Waals surface area contributed by atoms with Gasteiger partial charge in [0.2, 0.25) is 5.91 Å². The fraction of sp³-hybridized carbons (Fsp3) is 0.429. The van der Waals surface area contributed by atoms with Crippen molar-refractivity contribution in [3.8, 4) is 0 Å². The summed E-state index contributed by atoms with van der Waals surface area (Å²) >= 11 is 0. The summed E-state index contributed by atoms with van der Waals surface area (Å²) in [6.45, 7) is 1.55. The SMILES string of the molecule is CNC(=O)N[C@@H](C(=O)N1CCCC1)c1ccccc1. The van der Waals surface area contributed by atoms with E-state index in [2.05, 4.69) is 10.6 Å². The fourth-order valence-electron chi connectivity index (χ4n) is 2.26. The van der Waals surface area contributed by atoms with Crippen LogP contribution in [0.1, 0.15) is 24.4 Å². The lowest BCUT2D eigenvalue weighted by Gasteiger charge is -2.24. The third-order valence-corrected chi connectivity index (χ3v) is 3.30. The number of nitrogens with one attached hydrogen (secondary N) is 2. The smallest absolute Gasteiger partial charge is 0.315 e. The van der Waals surface area contributed by atoms with Gasteiger partial charge in [0.1, 0.15) is 6.04 Å². The van der Waals surface area contributed by atoms with Crippen molar-refractivity contribution in [2.24, 2.45) is 0 Å². The first-order valence-corrected chi connectivity index (χ1v) is 6.54. The van der Waals surface area contributed by atoms with Gasteiger partial charge in [-0.05, 0) is 18.4 Å². The van der Waals surface area contributed by atoms with Gasteiger partial charge in [-0.2, -0.15) is 0 Å². The van der Waals surface area contributed by atoms with Gasteiger partial charge in [-0.1, -0.05) is 30.3 Å². The second-order valence-corrected chi connectivity index (χ2v) is 4.60. The quantitative estimate of drug-likeness (QED) is 0.861. The molecular weight excluding hydrogens is 242 g/mol. The molecule has 1 atom stereocenters. The normalized spacial score (nSPS) is 15.9. The van der Waals surface area contributed by atoms with Crippen molar-refractivity contribution < 1.29 is 9.59 Å². The van der Waals surface area contributed by atoms with Crippen LogP contribution in [0.4, 0.5) is 4.79 Å². The molecule has 0 aliphatic carbocycles. The van der Waals surface area contributed by atoms with Crippen LogP contribution >= 0.6 is 0 Å². The van der Waals surface area contributed by atoms with E-state index in [1.807, 2.05) is 35.2 Å². The predicted molar refractivity (Wildman–Crippen MR) is 72.6 cm³/mol. The van der Waals surface area contributed by atoms with Crippen molar-refractivity contribution in [3.05, 3.63) is 35.9 Å². The Hall–Kier alpha value is -2.04. The van der Waals surface area contributed by atoms with E-state index >= 15 is 0 Å². The zero-order valence-corrected chi connectivity index (χ0v) is 11.1. The van der Waals surface area contributed by atoms with Crippen LogP contribution in [-0.2, 0) is 4.79 Å². The van der Waals surface area contributed by atoms with E-state index in [1.54, 1.807) is 0 Å². The number of amides is 3. The third-order valence-electron chi connectivity index (χ3n) is 3.30. The fourth-order valence-corrected chi connectivity index (χ4v) is 2.26. The average Bonchev–Trinajstić information content (AvgIpc) is 2.99. The van der Waals surface area contributed by atoms with Gasteiger partial charge in [0.05, 0.1) is 0 Å². The van der Waals surface area contributed by atoms with Crippen molar-refractivity contribution in [2.75, 3.05) is 20.1 Å². The van der Waals surface area contributed by atoms with E-state index in [-0.39, 0.29) is 11.9 Å². The second kappa shape index (κ2) is 6.22. The Bertz CT molecular complexity index is 441. The highest BCUT2D eigenvalue weighted by molar-refractivity contribution is 5.88. The third kappa shape index (κ3) is 3.24. The van der Waals surface area contributed by atoms with Crippen LogP contribution < -0.4 is 10.6 Å². The molecule has 2 rings (SSSR count). The summed E-state index contributed by atoms with van der Waals surface area (Å²) in [6, 6.07) is 8.38. The molecule has 1 aromatic carbocycles. The standard InChI is InChI=1S/C14H19N3O2/c1-15-14(19)16-12(11-7-3-2-4-8-11)13(18)17-9-5-6-10-17/h2-4,7-8,12H,5-6,9-10H2,1H3,(H2,15,16,19)/t12-/m1/s1. The van der Waals surface area contributed by atoms with E-state index in [9.17, 15) is 9.59 Å². The molecule has 5 heteroatoms. The topological polar surface area (TPSA) is 61.4 Å². The zero-order valence-electron chi connectivity index (χ0n) is 11.1. The van der Waals surface area contributed by atoms with E-state index in [4.69, 9.17) is 0 Å². The second-order valence-electron chi connectivity index (χ2n) is 4.60. The van der Waals surface area contributed by atoms with Gasteiger partial charge >= 0.3 is 6.03 Å². The molecule has 2 N–H and O–H groups in total. The molecule has 3 amide bonds. The van der Waals surface area contributed by atoms with Crippen molar-refractivity contribution in [1.82, 2.24) is 15.5 Å². The van der Waals surface area contributed by atoms with Gasteiger partial charge in [0.25, 0.3) is 0 Å². The molecular formula is C14H19N3O2. The zero-order chi connectivity index (χ0) is 13.7. The number of carbonyl (C=O) groups excluding carboxylic acids is 2. The molecule has 0 saturated carbocycles. The summed E-state index contributed by atoms with van der Waals surface area (Å²) in [5.41, 5.74) is 0.808. The van der Waals surface area contributed by atoms with Crippen LogP contribution in [0.25, 0.3) is 0 Å². The molecule has 1 aliphatic rings. The lowest BCUT2D eigenvalue weighted by Crippen LogP contribution is -2.44. The molecule has 1 aliphatic heterocycles. The highest BCUT2D eigenvalue weighted by atomic mass is 16.2. The molecule has 1 fully saturated rings. The number of carbonyl (C=O) groups is 2. The van der Waals surface area contributed by atoms with Gasteiger partial charge in [0, 0.05) is 20.1 Å². The molecule has 0 radical (unpaired) electrons. The van der Waals surface area contributed by atoms with E-state index in [0.717, 1.165) is 31.5 Å². The van der Waals surface area contributed by atoms with Gasteiger partial charge in [0.15, 0.2) is 0 Å². The Balaban J connectivity index is 2.18. The lowest BCUT2D eigenvalue weighted by atomic mass is 10.1. The Morgan fingerprint density at radius 2 is 1.79 bits per heavy atom. The van der Waals surface area contributed by atoms with E-state index in [1.165, 1.54) is 7.05 Å². The molecule has 0 bridgehead atoms. The molecule has 0 unspecified atom stereocenters. The van der Waals surface area contributed by atoms with Crippen LogP contribution in [0.5, 0.6) is 0 Å². The van der Waals surface area contributed by atoms with Crippen molar-refractivity contribution >= 4 is 11.9 Å². The maximum atomic E-state index is 12.5. The summed E-state index contributed by atoms with van der Waals surface area (Å²) in [7, 11) is 1.54. The average molecular weight is 261 g/mol. The summed E-state index contributed by atoms with van der Waals surface area (Å²) in [6.07, 6.45) is 2.07. The largest absolute Gasteiger partial charge is 0.341 e. The van der Waals surface area contributed by atoms with Crippen LogP contribution in [0.2, 0.25) is 0 Å². The number of rotatable bonds is 3. The molecule has 19 heavy (non-hydrogen) atoms.